The summed E-state index contributed by atoms with van der Waals surface area (Å²) in [4.78, 5) is 37.9. The number of hydrogen-bond donors (Lipinski definition) is 2. The van der Waals surface area contributed by atoms with Gasteiger partial charge in [-0.1, -0.05) is 11.6 Å². The Morgan fingerprint density at radius 1 is 1.24 bits per heavy atom. The number of ether oxygens (including phenoxy) is 2. The summed E-state index contributed by atoms with van der Waals surface area (Å²) < 4.78 is 52.6. The first-order valence-electron chi connectivity index (χ1n) is 11.8. The van der Waals surface area contributed by atoms with Crippen molar-refractivity contribution < 1.29 is 37.0 Å². The van der Waals surface area contributed by atoms with Crippen molar-refractivity contribution in [1.29, 1.82) is 0 Å². The van der Waals surface area contributed by atoms with E-state index in [0.717, 1.165) is 11.6 Å². The Morgan fingerprint density at radius 3 is 2.57 bits per heavy atom. The van der Waals surface area contributed by atoms with Gasteiger partial charge in [0.2, 0.25) is 0 Å². The van der Waals surface area contributed by atoms with E-state index in [9.17, 15) is 27.6 Å². The van der Waals surface area contributed by atoms with Crippen molar-refractivity contribution >= 4 is 35.3 Å². The fourth-order valence-electron chi connectivity index (χ4n) is 4.89. The third-order valence-electron chi connectivity index (χ3n) is 6.51. The van der Waals surface area contributed by atoms with Gasteiger partial charge in [-0.15, -0.1) is 0 Å². The molecule has 8 nitrogen and oxygen atoms in total. The zero-order chi connectivity index (χ0) is 27.1. The van der Waals surface area contributed by atoms with Crippen molar-refractivity contribution in [3.63, 3.8) is 0 Å². The molecule has 2 amide bonds. The highest BCUT2D eigenvalue weighted by Crippen LogP contribution is 2.53. The second-order valence-corrected chi connectivity index (χ2v) is 10.3. The van der Waals surface area contributed by atoms with Crippen molar-refractivity contribution in [3.8, 4) is 0 Å². The van der Waals surface area contributed by atoms with Crippen LogP contribution in [0.3, 0.4) is 0 Å². The van der Waals surface area contributed by atoms with Gasteiger partial charge in [0.15, 0.2) is 0 Å². The molecular weight excluding hydrogens is 515 g/mol. The largest absolute Gasteiger partial charge is 0.462 e. The fraction of sp³-hybridized carbons (Fsp3) is 0.480. The summed E-state index contributed by atoms with van der Waals surface area (Å²) >= 11 is 5.79. The topological polar surface area (TPSA) is 98.7 Å². The Balaban J connectivity index is 1.40. The van der Waals surface area contributed by atoms with E-state index in [2.05, 4.69) is 10.6 Å². The zero-order valence-electron chi connectivity index (χ0n) is 20.5. The van der Waals surface area contributed by atoms with Crippen molar-refractivity contribution in [2.24, 2.45) is 12.5 Å². The van der Waals surface area contributed by atoms with E-state index in [1.807, 2.05) is 0 Å². The van der Waals surface area contributed by atoms with E-state index >= 15 is 0 Å². The molecule has 1 aromatic heterocycles. The van der Waals surface area contributed by atoms with Gasteiger partial charge in [-0.3, -0.25) is 9.59 Å². The first-order valence-corrected chi connectivity index (χ1v) is 12.1. The number of benzene rings is 1. The van der Waals surface area contributed by atoms with Gasteiger partial charge >= 0.3 is 12.1 Å². The lowest BCUT2D eigenvalue weighted by Gasteiger charge is -2.44. The van der Waals surface area contributed by atoms with Crippen LogP contribution in [0.15, 0.2) is 24.4 Å². The second kappa shape index (κ2) is 9.92. The van der Waals surface area contributed by atoms with E-state index in [0.29, 0.717) is 29.8 Å². The number of carbonyl (C=O) groups excluding carboxylic acids is 3. The molecule has 1 heterocycles. The molecule has 1 fully saturated rings. The lowest BCUT2D eigenvalue weighted by molar-refractivity contribution is -0.209. The summed E-state index contributed by atoms with van der Waals surface area (Å²) in [6.07, 6.45) is -0.152. The van der Waals surface area contributed by atoms with E-state index in [-0.39, 0.29) is 5.02 Å². The maximum Gasteiger partial charge on any atom is 0.407 e. The molecule has 1 saturated carbocycles. The lowest BCUT2D eigenvalue weighted by Crippen LogP contribution is -2.55. The fourth-order valence-corrected chi connectivity index (χ4v) is 5.07. The summed E-state index contributed by atoms with van der Waals surface area (Å²) in [5.74, 6) is -4.86. The van der Waals surface area contributed by atoms with Gasteiger partial charge in [0.25, 0.3) is 11.8 Å². The van der Waals surface area contributed by atoms with Gasteiger partial charge in [0.05, 0.1) is 17.2 Å². The van der Waals surface area contributed by atoms with Crippen molar-refractivity contribution in [2.45, 2.75) is 57.6 Å². The van der Waals surface area contributed by atoms with Gasteiger partial charge in [0.1, 0.15) is 23.5 Å². The first-order chi connectivity index (χ1) is 17.3. The van der Waals surface area contributed by atoms with Gasteiger partial charge in [0, 0.05) is 31.8 Å². The minimum Gasteiger partial charge on any atom is -0.462 e. The summed E-state index contributed by atoms with van der Waals surface area (Å²) in [6, 6.07) is 3.37. The van der Waals surface area contributed by atoms with E-state index in [1.54, 1.807) is 31.7 Å². The standard InChI is InChI=1S/C25H27ClF3N3O5/c1-13(2)37-22(34)24(10-25(28,29)11-24)12-36-23(35)31-19-7-5-15-16(19)9-32(3)20(15)21(33)30-14-4-6-18(27)17(26)8-14/h4,6,8-9,13,19H,5,7,10-12H2,1-3H3,(H,30,33)(H,31,35)/t19-/m1/s1. The second-order valence-electron chi connectivity index (χ2n) is 9.86. The number of carbonyl (C=O) groups is 3. The van der Waals surface area contributed by atoms with E-state index in [1.165, 1.54) is 12.1 Å². The molecule has 0 unspecified atom stereocenters. The Morgan fingerprint density at radius 2 is 1.95 bits per heavy atom. The highest BCUT2D eigenvalue weighted by atomic mass is 35.5. The minimum absolute atomic E-state index is 0.123. The third kappa shape index (κ3) is 5.56. The number of aromatic nitrogens is 1. The summed E-state index contributed by atoms with van der Waals surface area (Å²) in [7, 11) is 1.68. The number of amides is 2. The molecule has 1 aromatic carbocycles. The molecular formula is C25H27ClF3N3O5. The Labute approximate surface area is 216 Å². The maximum absolute atomic E-state index is 13.6. The van der Waals surface area contributed by atoms with Crippen molar-refractivity contribution in [2.75, 3.05) is 11.9 Å². The molecule has 0 bridgehead atoms. The normalized spacial score (nSPS) is 19.1. The van der Waals surface area contributed by atoms with Crippen LogP contribution in [0.4, 0.5) is 23.7 Å². The highest BCUT2D eigenvalue weighted by Gasteiger charge is 2.62. The number of esters is 1. The van der Waals surface area contributed by atoms with Crippen LogP contribution in [0.1, 0.15) is 60.8 Å². The number of alkyl carbamates (subject to hydrolysis) is 1. The Kier molecular flexibility index (Phi) is 7.20. The zero-order valence-corrected chi connectivity index (χ0v) is 21.3. The number of hydrogen-bond acceptors (Lipinski definition) is 5. The predicted octanol–water partition coefficient (Wildman–Crippen LogP) is 5.15. The van der Waals surface area contributed by atoms with E-state index in [4.69, 9.17) is 21.1 Å². The molecule has 1 atom stereocenters. The molecule has 2 aromatic rings. The van der Waals surface area contributed by atoms with Gasteiger partial charge in [-0.05, 0) is 56.0 Å². The van der Waals surface area contributed by atoms with E-state index < -0.39 is 66.7 Å². The Hall–Kier alpha value is -3.21. The molecule has 0 radical (unpaired) electrons. The van der Waals surface area contributed by atoms with Crippen LogP contribution in [0.2, 0.25) is 5.02 Å². The SMILES string of the molecule is CC(C)OC(=O)C1(COC(=O)N[C@@H]2CCc3c2cn(C)c3C(=O)Nc2ccc(F)c(Cl)c2)CC(F)(F)C1. The molecule has 4 rings (SSSR count). The summed E-state index contributed by atoms with van der Waals surface area (Å²) in [5, 5.41) is 5.26. The molecule has 0 aliphatic heterocycles. The molecule has 2 N–H and O–H groups in total. The molecule has 0 spiro atoms. The van der Waals surface area contributed by atoms with Crippen LogP contribution in [0.25, 0.3) is 0 Å². The van der Waals surface area contributed by atoms with Crippen LogP contribution in [-0.4, -0.2) is 41.2 Å². The van der Waals surface area contributed by atoms with Crippen LogP contribution in [0.5, 0.6) is 0 Å². The van der Waals surface area contributed by atoms with Gasteiger partial charge in [-0.2, -0.15) is 0 Å². The Bertz CT molecular complexity index is 1240. The quantitative estimate of drug-likeness (QED) is 0.472. The van der Waals surface area contributed by atoms with Crippen LogP contribution < -0.4 is 10.6 Å². The number of nitrogens with zero attached hydrogens (tertiary/aromatic N) is 1. The summed E-state index contributed by atoms with van der Waals surface area (Å²) in [6.45, 7) is 2.69. The number of anilines is 1. The maximum atomic E-state index is 13.6. The number of nitrogens with one attached hydrogen (secondary N) is 2. The molecule has 12 heteroatoms. The predicted molar refractivity (Wildman–Crippen MR) is 128 cm³/mol. The van der Waals surface area contributed by atoms with Crippen LogP contribution in [0, 0.1) is 11.2 Å². The molecule has 200 valence electrons. The molecule has 2 aliphatic rings. The number of aryl methyl sites for hydroxylation is 1. The summed E-state index contributed by atoms with van der Waals surface area (Å²) in [5.41, 5.74) is 0.571. The number of fused-ring (bicyclic) bond motifs is 1. The van der Waals surface area contributed by atoms with Crippen LogP contribution >= 0.6 is 11.6 Å². The third-order valence-corrected chi connectivity index (χ3v) is 6.80. The monoisotopic (exact) mass is 541 g/mol. The van der Waals surface area contributed by atoms with Crippen LogP contribution in [-0.2, 0) is 27.7 Å². The highest BCUT2D eigenvalue weighted by molar-refractivity contribution is 6.31. The van der Waals surface area contributed by atoms with Crippen molar-refractivity contribution in [3.05, 3.63) is 52.1 Å². The average molecular weight is 542 g/mol. The molecule has 2 aliphatic carbocycles. The van der Waals surface area contributed by atoms with Crippen molar-refractivity contribution in [1.82, 2.24) is 9.88 Å². The number of halogens is 4. The molecule has 37 heavy (non-hydrogen) atoms. The number of rotatable bonds is 7. The van der Waals surface area contributed by atoms with Gasteiger partial charge < -0.3 is 24.7 Å². The number of alkyl halides is 2. The van der Waals surface area contributed by atoms with Gasteiger partial charge in [-0.25, -0.2) is 18.0 Å². The first kappa shape index (κ1) is 26.8. The molecule has 0 saturated heterocycles. The smallest absolute Gasteiger partial charge is 0.407 e. The lowest BCUT2D eigenvalue weighted by atomic mass is 9.66. The average Bonchev–Trinajstić information content (AvgIpc) is 3.30. The minimum atomic E-state index is -3.02.